The van der Waals surface area contributed by atoms with Gasteiger partial charge < -0.3 is 16.0 Å². The fourth-order valence-corrected chi connectivity index (χ4v) is 9.24. The van der Waals surface area contributed by atoms with Gasteiger partial charge in [-0.3, -0.25) is 34.0 Å². The Hall–Kier alpha value is -5.57. The molecular formula is C44H49F3N8O4. The number of anilines is 2. The molecule has 4 aliphatic rings. The lowest BCUT2D eigenvalue weighted by Gasteiger charge is -2.42. The topological polar surface area (TPSA) is 150 Å². The van der Waals surface area contributed by atoms with E-state index >= 15 is 8.78 Å². The zero-order valence-electron chi connectivity index (χ0n) is 32.7. The van der Waals surface area contributed by atoms with Crippen molar-refractivity contribution in [2.45, 2.75) is 107 Å². The van der Waals surface area contributed by atoms with Crippen molar-refractivity contribution in [1.82, 2.24) is 30.1 Å². The molecule has 4 N–H and O–H groups in total. The van der Waals surface area contributed by atoms with Crippen LogP contribution in [0.4, 0.5) is 24.8 Å². The summed E-state index contributed by atoms with van der Waals surface area (Å²) in [6, 6.07) is 15.9. The molecule has 59 heavy (non-hydrogen) atoms. The van der Waals surface area contributed by atoms with Crippen LogP contribution in [-0.4, -0.2) is 80.6 Å². The summed E-state index contributed by atoms with van der Waals surface area (Å²) in [7, 11) is 0. The highest BCUT2D eigenvalue weighted by atomic mass is 19.1. The quantitative estimate of drug-likeness (QED) is 0.141. The van der Waals surface area contributed by atoms with Gasteiger partial charge in [0.2, 0.25) is 23.7 Å². The maximum Gasteiger partial charge on any atom is 0.255 e. The minimum Gasteiger partial charge on any atom is -0.374 e. The van der Waals surface area contributed by atoms with E-state index in [0.29, 0.717) is 73.6 Å². The van der Waals surface area contributed by atoms with Crippen LogP contribution in [0.1, 0.15) is 82.1 Å². The number of hydrogen-bond donors (Lipinski definition) is 4. The first-order valence-electron chi connectivity index (χ1n) is 20.7. The van der Waals surface area contributed by atoms with Crippen molar-refractivity contribution >= 4 is 29.4 Å². The molecule has 2 aliphatic heterocycles. The highest BCUT2D eigenvalue weighted by molar-refractivity contribution is 6.01. The molecule has 4 fully saturated rings. The SMILES string of the molecule is O=C1CCC(Nc2ccc(C3CCN([C@@H]4CC[C@@H](C(=O)N[C@H]5CC[C@H](Nc6ncc(F)c(-c7cccc(-n8ccccc8=O)c7)n6)CC5)C[C@@H]4F)CC3)c(F)c2)C(=O)N1. The van der Waals surface area contributed by atoms with Gasteiger partial charge in [0.1, 0.15) is 23.7 Å². The van der Waals surface area contributed by atoms with E-state index in [2.05, 4.69) is 36.1 Å². The van der Waals surface area contributed by atoms with Crippen LogP contribution in [0.5, 0.6) is 0 Å². The highest BCUT2D eigenvalue weighted by Crippen LogP contribution is 2.37. The van der Waals surface area contributed by atoms with Gasteiger partial charge in [0.15, 0.2) is 5.82 Å². The van der Waals surface area contributed by atoms with Crippen molar-refractivity contribution in [3.8, 4) is 16.9 Å². The van der Waals surface area contributed by atoms with Gasteiger partial charge in [0, 0.05) is 59.7 Å². The van der Waals surface area contributed by atoms with E-state index in [0.717, 1.165) is 31.9 Å². The lowest BCUT2D eigenvalue weighted by atomic mass is 9.81. The zero-order chi connectivity index (χ0) is 41.0. The smallest absolute Gasteiger partial charge is 0.255 e. The Labute approximate surface area is 340 Å². The number of amides is 3. The molecule has 2 saturated heterocycles. The van der Waals surface area contributed by atoms with Gasteiger partial charge in [-0.05, 0) is 119 Å². The first kappa shape index (κ1) is 40.2. The molecule has 2 aliphatic carbocycles. The molecule has 15 heteroatoms. The van der Waals surface area contributed by atoms with Crippen molar-refractivity contribution in [3.63, 3.8) is 0 Å². The maximum absolute atomic E-state index is 15.7. The second-order valence-corrected chi connectivity index (χ2v) is 16.3. The van der Waals surface area contributed by atoms with E-state index in [9.17, 15) is 23.6 Å². The van der Waals surface area contributed by atoms with Crippen LogP contribution in [-0.2, 0) is 14.4 Å². The molecule has 0 spiro atoms. The fourth-order valence-electron chi connectivity index (χ4n) is 9.24. The average molecular weight is 811 g/mol. The second kappa shape index (κ2) is 17.7. The number of likely N-dealkylation sites (tertiary alicyclic amines) is 1. The monoisotopic (exact) mass is 810 g/mol. The number of hydrogen-bond acceptors (Lipinski definition) is 9. The molecule has 2 aromatic carbocycles. The predicted molar refractivity (Wildman–Crippen MR) is 217 cm³/mol. The number of benzene rings is 2. The number of halogens is 3. The van der Waals surface area contributed by atoms with E-state index in [-0.39, 0.29) is 71.7 Å². The minimum atomic E-state index is -1.13. The Balaban J connectivity index is 0.775. The summed E-state index contributed by atoms with van der Waals surface area (Å²) in [6.45, 7) is 1.29. The zero-order valence-corrected chi connectivity index (χ0v) is 32.7. The molecule has 8 rings (SSSR count). The normalized spacial score (nSPS) is 25.5. The van der Waals surface area contributed by atoms with Crippen LogP contribution in [0.3, 0.4) is 0 Å². The van der Waals surface area contributed by atoms with Crippen LogP contribution in [0.2, 0.25) is 0 Å². The van der Waals surface area contributed by atoms with Crippen LogP contribution in [0.25, 0.3) is 16.9 Å². The maximum atomic E-state index is 15.7. The molecule has 4 aromatic rings. The van der Waals surface area contributed by atoms with Crippen molar-refractivity contribution in [2.24, 2.45) is 5.92 Å². The number of piperidine rings is 2. The molecule has 0 radical (unpaired) electrons. The Morgan fingerprint density at radius 3 is 2.36 bits per heavy atom. The molecule has 3 amide bonds. The number of carbonyl (C=O) groups excluding carboxylic acids is 3. The van der Waals surface area contributed by atoms with Gasteiger partial charge in [0.25, 0.3) is 5.56 Å². The molecule has 1 unspecified atom stereocenters. The molecule has 2 aromatic heterocycles. The third kappa shape index (κ3) is 9.35. The fraction of sp³-hybridized carbons (Fsp3) is 0.455. The summed E-state index contributed by atoms with van der Waals surface area (Å²) in [4.78, 5) is 60.1. The summed E-state index contributed by atoms with van der Waals surface area (Å²) < 4.78 is 47.4. The van der Waals surface area contributed by atoms with Gasteiger partial charge in [-0.25, -0.2) is 23.1 Å². The first-order valence-corrected chi connectivity index (χ1v) is 20.7. The largest absolute Gasteiger partial charge is 0.374 e. The number of carbonyl (C=O) groups is 3. The van der Waals surface area contributed by atoms with Gasteiger partial charge in [0.05, 0.1) is 6.20 Å². The number of pyridine rings is 1. The summed E-state index contributed by atoms with van der Waals surface area (Å²) in [5, 5.41) is 11.8. The average Bonchev–Trinajstić information content (AvgIpc) is 3.23. The second-order valence-electron chi connectivity index (χ2n) is 16.3. The third-order valence-electron chi connectivity index (χ3n) is 12.5. The first-order chi connectivity index (χ1) is 28.6. The summed E-state index contributed by atoms with van der Waals surface area (Å²) in [5.74, 6) is -1.83. The van der Waals surface area contributed by atoms with E-state index in [1.807, 2.05) is 0 Å². The summed E-state index contributed by atoms with van der Waals surface area (Å²) in [6.07, 6.45) is 7.98. The van der Waals surface area contributed by atoms with Gasteiger partial charge >= 0.3 is 0 Å². The van der Waals surface area contributed by atoms with Crippen molar-refractivity contribution in [2.75, 3.05) is 23.7 Å². The molecule has 4 atom stereocenters. The van der Waals surface area contributed by atoms with Gasteiger partial charge in [-0.2, -0.15) is 0 Å². The predicted octanol–water partition coefficient (Wildman–Crippen LogP) is 6.02. The lowest BCUT2D eigenvalue weighted by molar-refractivity contribution is -0.133. The number of rotatable bonds is 10. The van der Waals surface area contributed by atoms with Gasteiger partial charge in [-0.1, -0.05) is 24.3 Å². The molecule has 4 heterocycles. The Morgan fingerprint density at radius 1 is 0.814 bits per heavy atom. The van der Waals surface area contributed by atoms with Crippen LogP contribution in [0.15, 0.2) is 77.9 Å². The minimum absolute atomic E-state index is 0.000596. The van der Waals surface area contributed by atoms with Crippen molar-refractivity contribution < 1.29 is 27.6 Å². The molecule has 2 saturated carbocycles. The Bertz CT molecular complexity index is 2240. The third-order valence-corrected chi connectivity index (χ3v) is 12.5. The standard InChI is InChI=1S/C44H49F3N8O4/c45-34-24-31(49-37-14-16-39(56)52-43(37)59)12-13-33(34)26-17-20-54(21-18-26)38-15-7-28(23-35(38)46)42(58)50-29-8-10-30(11-9-29)51-44-48-25-36(47)41(53-44)27-4-3-5-32(22-27)55-19-2-1-6-40(55)57/h1-6,12-13,19,22,24-26,28-30,35,37-38,49H,7-11,14-18,20-21,23H2,(H,50,58)(H,48,51,53)(H,52,56,59)/t28-,29-,30-,35+,37?,38-/m1/s1. The van der Waals surface area contributed by atoms with E-state index < -0.39 is 23.9 Å². The number of aromatic nitrogens is 3. The van der Waals surface area contributed by atoms with Crippen LogP contribution in [0, 0.1) is 17.6 Å². The molecule has 12 nitrogen and oxygen atoms in total. The number of nitrogens with one attached hydrogen (secondary N) is 4. The van der Waals surface area contributed by atoms with E-state index in [1.165, 1.54) is 16.7 Å². The van der Waals surface area contributed by atoms with E-state index in [1.54, 1.807) is 54.7 Å². The van der Waals surface area contributed by atoms with Gasteiger partial charge in [-0.15, -0.1) is 0 Å². The lowest BCUT2D eigenvalue weighted by Crippen LogP contribution is -2.51. The number of imide groups is 1. The highest BCUT2D eigenvalue weighted by Gasteiger charge is 2.39. The Morgan fingerprint density at radius 2 is 1.61 bits per heavy atom. The van der Waals surface area contributed by atoms with E-state index in [4.69, 9.17) is 0 Å². The summed E-state index contributed by atoms with van der Waals surface area (Å²) in [5.41, 5.74) is 2.13. The number of alkyl halides is 1. The molecule has 310 valence electrons. The van der Waals surface area contributed by atoms with Crippen molar-refractivity contribution in [3.05, 3.63) is 101 Å². The Kier molecular flexibility index (Phi) is 12.1. The molecule has 0 bridgehead atoms. The molecular weight excluding hydrogens is 762 g/mol. The number of nitrogens with zero attached hydrogens (tertiary/aromatic N) is 4. The summed E-state index contributed by atoms with van der Waals surface area (Å²) >= 11 is 0. The van der Waals surface area contributed by atoms with Crippen LogP contribution >= 0.6 is 0 Å². The van der Waals surface area contributed by atoms with Crippen molar-refractivity contribution in [1.29, 1.82) is 0 Å². The van der Waals surface area contributed by atoms with Crippen LogP contribution < -0.4 is 26.8 Å².